The molecule has 1 aromatic carbocycles. The molecule has 1 saturated carbocycles. The summed E-state index contributed by atoms with van der Waals surface area (Å²) in [6, 6.07) is 11.9. The normalized spacial score (nSPS) is 16.1. The zero-order valence-electron chi connectivity index (χ0n) is 13.1. The Labute approximate surface area is 147 Å². The predicted molar refractivity (Wildman–Crippen MR) is 99.9 cm³/mol. The molecular formula is C18H20ClN3S. The number of pyridine rings is 1. The first kappa shape index (κ1) is 16.2. The summed E-state index contributed by atoms with van der Waals surface area (Å²) in [4.78, 5) is 4.55. The van der Waals surface area contributed by atoms with Gasteiger partial charge in [0.1, 0.15) is 0 Å². The van der Waals surface area contributed by atoms with Gasteiger partial charge in [0, 0.05) is 16.9 Å². The molecule has 0 amide bonds. The largest absolute Gasteiger partial charge is 0.351 e. The monoisotopic (exact) mass is 345 g/mol. The molecule has 2 N–H and O–H groups in total. The first-order chi connectivity index (χ1) is 11.1. The molecule has 0 saturated heterocycles. The summed E-state index contributed by atoms with van der Waals surface area (Å²) in [7, 11) is 0. The Hall–Kier alpha value is -1.65. The Bertz CT molecular complexity index is 697. The molecule has 1 aromatic heterocycles. The minimum atomic E-state index is -0.167. The molecule has 0 radical (unpaired) electrons. The van der Waals surface area contributed by atoms with E-state index in [4.69, 9.17) is 23.8 Å². The molecule has 5 heteroatoms. The van der Waals surface area contributed by atoms with E-state index in [2.05, 4.69) is 21.7 Å². The van der Waals surface area contributed by atoms with Crippen LogP contribution in [0.15, 0.2) is 42.6 Å². The van der Waals surface area contributed by atoms with E-state index in [0.717, 1.165) is 34.8 Å². The van der Waals surface area contributed by atoms with Crippen molar-refractivity contribution in [2.75, 3.05) is 5.32 Å². The number of benzene rings is 1. The van der Waals surface area contributed by atoms with Crippen LogP contribution in [0.5, 0.6) is 0 Å². The second kappa shape index (κ2) is 6.85. The Balaban J connectivity index is 1.75. The first-order valence-electron chi connectivity index (χ1n) is 7.86. The standard InChI is InChI=1S/C18H20ClN3S/c1-13-7-8-14(12-15(13)19)21-17(23)22-18(9-3-4-10-18)16-6-2-5-11-20-16/h2,5-8,11-12H,3-4,9-10H2,1H3,(H2,21,22,23). The molecule has 2 aromatic rings. The van der Waals surface area contributed by atoms with Gasteiger partial charge in [-0.25, -0.2) is 0 Å². The lowest BCUT2D eigenvalue weighted by molar-refractivity contribution is 0.396. The second-order valence-corrected chi connectivity index (χ2v) is 6.86. The molecule has 3 rings (SSSR count). The fraction of sp³-hybridized carbons (Fsp3) is 0.333. The van der Waals surface area contributed by atoms with Crippen LogP contribution in [0.4, 0.5) is 5.69 Å². The number of anilines is 1. The van der Waals surface area contributed by atoms with Gasteiger partial charge in [0.2, 0.25) is 0 Å². The van der Waals surface area contributed by atoms with Gasteiger partial charge in [-0.05, 0) is 61.8 Å². The minimum Gasteiger partial charge on any atom is -0.351 e. The van der Waals surface area contributed by atoms with Crippen molar-refractivity contribution in [2.45, 2.75) is 38.1 Å². The first-order valence-corrected chi connectivity index (χ1v) is 8.64. The maximum atomic E-state index is 6.18. The van der Waals surface area contributed by atoms with Crippen molar-refractivity contribution in [3.8, 4) is 0 Å². The lowest BCUT2D eigenvalue weighted by Crippen LogP contribution is -2.46. The van der Waals surface area contributed by atoms with Crippen LogP contribution in [0.1, 0.15) is 36.9 Å². The van der Waals surface area contributed by atoms with Gasteiger partial charge in [-0.3, -0.25) is 4.98 Å². The fourth-order valence-electron chi connectivity index (χ4n) is 3.12. The van der Waals surface area contributed by atoms with Gasteiger partial charge in [0.25, 0.3) is 0 Å². The maximum Gasteiger partial charge on any atom is 0.171 e. The molecule has 1 aliphatic carbocycles. The van der Waals surface area contributed by atoms with Crippen LogP contribution in [-0.2, 0) is 5.54 Å². The molecule has 1 aliphatic rings. The van der Waals surface area contributed by atoms with Crippen molar-refractivity contribution in [1.82, 2.24) is 10.3 Å². The topological polar surface area (TPSA) is 37.0 Å². The van der Waals surface area contributed by atoms with Crippen LogP contribution in [0.25, 0.3) is 0 Å². The highest BCUT2D eigenvalue weighted by Gasteiger charge is 2.37. The van der Waals surface area contributed by atoms with Crippen LogP contribution >= 0.6 is 23.8 Å². The van der Waals surface area contributed by atoms with Crippen LogP contribution in [-0.4, -0.2) is 10.1 Å². The van der Waals surface area contributed by atoms with Crippen LogP contribution in [0, 0.1) is 6.92 Å². The highest BCUT2D eigenvalue weighted by Crippen LogP contribution is 2.37. The summed E-state index contributed by atoms with van der Waals surface area (Å²) in [5.74, 6) is 0. The van der Waals surface area contributed by atoms with Gasteiger partial charge < -0.3 is 10.6 Å². The summed E-state index contributed by atoms with van der Waals surface area (Å²) in [5.41, 5.74) is 2.84. The van der Waals surface area contributed by atoms with E-state index < -0.39 is 0 Å². The van der Waals surface area contributed by atoms with E-state index in [1.165, 1.54) is 12.8 Å². The molecule has 120 valence electrons. The number of aromatic nitrogens is 1. The lowest BCUT2D eigenvalue weighted by Gasteiger charge is -2.31. The number of thiocarbonyl (C=S) groups is 1. The second-order valence-electron chi connectivity index (χ2n) is 6.05. The zero-order chi connectivity index (χ0) is 16.3. The molecule has 23 heavy (non-hydrogen) atoms. The van der Waals surface area contributed by atoms with Crippen molar-refractivity contribution in [2.24, 2.45) is 0 Å². The number of nitrogens with one attached hydrogen (secondary N) is 2. The maximum absolute atomic E-state index is 6.18. The predicted octanol–water partition coefficient (Wildman–Crippen LogP) is 4.80. The summed E-state index contributed by atoms with van der Waals surface area (Å²) in [6.45, 7) is 1.98. The molecular weight excluding hydrogens is 326 g/mol. The quantitative estimate of drug-likeness (QED) is 0.783. The Morgan fingerprint density at radius 3 is 2.65 bits per heavy atom. The van der Waals surface area contributed by atoms with E-state index in [0.29, 0.717) is 5.11 Å². The van der Waals surface area contributed by atoms with Crippen molar-refractivity contribution in [3.05, 3.63) is 58.9 Å². The van der Waals surface area contributed by atoms with Gasteiger partial charge in [-0.2, -0.15) is 0 Å². The van der Waals surface area contributed by atoms with E-state index >= 15 is 0 Å². The number of halogens is 1. The van der Waals surface area contributed by atoms with Crippen molar-refractivity contribution in [1.29, 1.82) is 0 Å². The van der Waals surface area contributed by atoms with Gasteiger partial charge >= 0.3 is 0 Å². The number of hydrogen-bond acceptors (Lipinski definition) is 2. The van der Waals surface area contributed by atoms with E-state index in [9.17, 15) is 0 Å². The summed E-state index contributed by atoms with van der Waals surface area (Å²) < 4.78 is 0. The molecule has 0 bridgehead atoms. The third-order valence-corrected chi connectivity index (χ3v) is 5.01. The van der Waals surface area contributed by atoms with Crippen molar-refractivity contribution < 1.29 is 0 Å². The van der Waals surface area contributed by atoms with E-state index in [1.54, 1.807) is 0 Å². The van der Waals surface area contributed by atoms with Crippen LogP contribution < -0.4 is 10.6 Å². The van der Waals surface area contributed by atoms with Gasteiger partial charge in [0.15, 0.2) is 5.11 Å². The molecule has 3 nitrogen and oxygen atoms in total. The van der Waals surface area contributed by atoms with Gasteiger partial charge in [-0.15, -0.1) is 0 Å². The highest BCUT2D eigenvalue weighted by molar-refractivity contribution is 7.80. The van der Waals surface area contributed by atoms with Gasteiger partial charge in [-0.1, -0.05) is 36.6 Å². The zero-order valence-corrected chi connectivity index (χ0v) is 14.7. The van der Waals surface area contributed by atoms with E-state index in [-0.39, 0.29) is 5.54 Å². The molecule has 0 spiro atoms. The molecule has 0 unspecified atom stereocenters. The highest BCUT2D eigenvalue weighted by atomic mass is 35.5. The third-order valence-electron chi connectivity index (χ3n) is 4.39. The SMILES string of the molecule is Cc1ccc(NC(=S)NC2(c3ccccn3)CCCC2)cc1Cl. The average molecular weight is 346 g/mol. The smallest absolute Gasteiger partial charge is 0.171 e. The average Bonchev–Trinajstić information content (AvgIpc) is 3.01. The van der Waals surface area contributed by atoms with Crippen molar-refractivity contribution >= 4 is 34.6 Å². The number of rotatable bonds is 3. The minimum absolute atomic E-state index is 0.167. The third kappa shape index (κ3) is 3.65. The molecule has 1 heterocycles. The lowest BCUT2D eigenvalue weighted by atomic mass is 9.93. The molecule has 0 aliphatic heterocycles. The fourth-order valence-corrected chi connectivity index (χ4v) is 3.61. The Morgan fingerprint density at radius 1 is 1.22 bits per heavy atom. The van der Waals surface area contributed by atoms with E-state index in [1.807, 2.05) is 43.5 Å². The summed E-state index contributed by atoms with van der Waals surface area (Å²) >= 11 is 11.7. The molecule has 0 atom stereocenters. The number of aryl methyl sites for hydroxylation is 1. The Kier molecular flexibility index (Phi) is 4.83. The number of hydrogen-bond donors (Lipinski definition) is 2. The van der Waals surface area contributed by atoms with Crippen molar-refractivity contribution in [3.63, 3.8) is 0 Å². The Morgan fingerprint density at radius 2 is 2.00 bits per heavy atom. The van der Waals surface area contributed by atoms with Crippen LogP contribution in [0.2, 0.25) is 5.02 Å². The number of nitrogens with zero attached hydrogens (tertiary/aromatic N) is 1. The summed E-state index contributed by atoms with van der Waals surface area (Å²) in [5, 5.41) is 8.09. The van der Waals surface area contributed by atoms with Crippen LogP contribution in [0.3, 0.4) is 0 Å². The summed E-state index contributed by atoms with van der Waals surface area (Å²) in [6.07, 6.45) is 6.29. The van der Waals surface area contributed by atoms with Gasteiger partial charge in [0.05, 0.1) is 11.2 Å². The molecule has 1 fully saturated rings.